The molecular weight excluding hydrogens is 423 g/mol. The number of nitrogens with one attached hydrogen (secondary N) is 2. The van der Waals surface area contributed by atoms with Crippen molar-refractivity contribution in [1.82, 2.24) is 0 Å². The van der Waals surface area contributed by atoms with Crippen LogP contribution in [-0.4, -0.2) is 18.2 Å². The molecule has 1 heterocycles. The average molecular weight is 443 g/mol. The second-order valence-corrected chi connectivity index (χ2v) is 8.74. The molecule has 1 aromatic carbocycles. The molecule has 2 aromatic rings. The van der Waals surface area contributed by atoms with Gasteiger partial charge in [-0.3, -0.25) is 0 Å². The van der Waals surface area contributed by atoms with E-state index in [1.807, 2.05) is 0 Å². The third-order valence-corrected chi connectivity index (χ3v) is 6.26. The fourth-order valence-electron chi connectivity index (χ4n) is 3.22. The number of thiocarbonyl (C=S) groups is 1. The zero-order valence-corrected chi connectivity index (χ0v) is 18.0. The number of hydrogen-bond acceptors (Lipinski definition) is 4. The van der Waals surface area contributed by atoms with E-state index in [0.717, 1.165) is 36.2 Å². The Hall–Kier alpha value is -1.34. The Morgan fingerprint density at radius 3 is 2.41 bits per heavy atom. The predicted octanol–water partition coefficient (Wildman–Crippen LogP) is 6.31. The number of hydrogen-bond donors (Lipinski definition) is 2. The monoisotopic (exact) mass is 442 g/mol. The Balaban J connectivity index is 1.85. The van der Waals surface area contributed by atoms with Crippen molar-refractivity contribution < 1.29 is 9.53 Å². The molecule has 0 amide bonds. The van der Waals surface area contributed by atoms with Gasteiger partial charge in [-0.15, -0.1) is 11.3 Å². The summed E-state index contributed by atoms with van der Waals surface area (Å²) in [5, 5.41) is 8.35. The van der Waals surface area contributed by atoms with Crippen molar-refractivity contribution in [1.29, 1.82) is 0 Å². The summed E-state index contributed by atoms with van der Waals surface area (Å²) in [5.74, 6) is -0.329. The number of carbonyl (C=O) groups is 1. The minimum absolute atomic E-state index is 0.329. The molecule has 0 fully saturated rings. The van der Waals surface area contributed by atoms with Crippen LogP contribution in [0.15, 0.2) is 18.2 Å². The maximum atomic E-state index is 12.4. The molecule has 0 saturated carbocycles. The van der Waals surface area contributed by atoms with E-state index in [0.29, 0.717) is 26.4 Å². The molecule has 3 rings (SSSR count). The van der Waals surface area contributed by atoms with Gasteiger partial charge in [0.15, 0.2) is 5.11 Å². The lowest BCUT2D eigenvalue weighted by atomic mass is 9.96. The topological polar surface area (TPSA) is 50.4 Å². The van der Waals surface area contributed by atoms with E-state index in [1.165, 1.54) is 24.8 Å². The van der Waals surface area contributed by atoms with Crippen molar-refractivity contribution in [3.8, 4) is 0 Å². The number of carbonyl (C=O) groups excluding carboxylic acids is 1. The molecule has 0 unspecified atom stereocenters. The summed E-state index contributed by atoms with van der Waals surface area (Å²) >= 11 is 19.1. The van der Waals surface area contributed by atoms with Crippen LogP contribution in [-0.2, 0) is 17.6 Å². The molecule has 1 aliphatic rings. The van der Waals surface area contributed by atoms with Crippen LogP contribution < -0.4 is 10.6 Å². The number of anilines is 2. The van der Waals surface area contributed by atoms with Gasteiger partial charge < -0.3 is 15.4 Å². The van der Waals surface area contributed by atoms with Crippen LogP contribution in [0.25, 0.3) is 0 Å². The SMILES string of the molecule is COC(=O)c1c(NC(=S)Nc2cc(Cl)cc(Cl)c2)sc2c1CCCCCC2. The Kier molecular flexibility index (Phi) is 6.98. The molecule has 144 valence electrons. The van der Waals surface area contributed by atoms with Crippen molar-refractivity contribution in [2.75, 3.05) is 17.7 Å². The molecular formula is C19H20Cl2N2O2S2. The van der Waals surface area contributed by atoms with E-state index in [-0.39, 0.29) is 5.97 Å². The second kappa shape index (κ2) is 9.24. The first-order valence-electron chi connectivity index (χ1n) is 8.75. The first kappa shape index (κ1) is 20.4. The van der Waals surface area contributed by atoms with Gasteiger partial charge in [-0.25, -0.2) is 4.79 Å². The lowest BCUT2D eigenvalue weighted by Crippen LogP contribution is -2.20. The van der Waals surface area contributed by atoms with Crippen molar-refractivity contribution in [3.63, 3.8) is 0 Å². The highest BCUT2D eigenvalue weighted by Gasteiger charge is 2.25. The van der Waals surface area contributed by atoms with E-state index < -0.39 is 0 Å². The molecule has 1 aliphatic carbocycles. The minimum atomic E-state index is -0.329. The van der Waals surface area contributed by atoms with Crippen molar-refractivity contribution in [2.45, 2.75) is 38.5 Å². The van der Waals surface area contributed by atoms with E-state index in [4.69, 9.17) is 40.2 Å². The molecule has 4 nitrogen and oxygen atoms in total. The highest BCUT2D eigenvalue weighted by Crippen LogP contribution is 2.37. The smallest absolute Gasteiger partial charge is 0.341 e. The van der Waals surface area contributed by atoms with Crippen LogP contribution in [0, 0.1) is 0 Å². The van der Waals surface area contributed by atoms with Crippen LogP contribution in [0.4, 0.5) is 10.7 Å². The van der Waals surface area contributed by atoms with E-state index in [2.05, 4.69) is 10.6 Å². The number of benzene rings is 1. The number of halogens is 2. The summed E-state index contributed by atoms with van der Waals surface area (Å²) in [6, 6.07) is 5.12. The summed E-state index contributed by atoms with van der Waals surface area (Å²) in [6.07, 6.45) is 6.50. The molecule has 0 radical (unpaired) electrons. The predicted molar refractivity (Wildman–Crippen MR) is 118 cm³/mol. The number of thiophene rings is 1. The van der Waals surface area contributed by atoms with Gasteiger partial charge in [0, 0.05) is 20.6 Å². The van der Waals surface area contributed by atoms with Crippen LogP contribution in [0.1, 0.15) is 46.5 Å². The van der Waals surface area contributed by atoms with Crippen LogP contribution in [0.3, 0.4) is 0 Å². The van der Waals surface area contributed by atoms with Gasteiger partial charge in [0.2, 0.25) is 0 Å². The third kappa shape index (κ3) is 5.13. The van der Waals surface area contributed by atoms with Crippen molar-refractivity contribution in [3.05, 3.63) is 44.2 Å². The van der Waals surface area contributed by atoms with E-state index >= 15 is 0 Å². The maximum absolute atomic E-state index is 12.4. The van der Waals surface area contributed by atoms with Gasteiger partial charge in [-0.05, 0) is 61.7 Å². The second-order valence-electron chi connectivity index (χ2n) is 6.35. The zero-order chi connectivity index (χ0) is 19.4. The molecule has 0 aliphatic heterocycles. The van der Waals surface area contributed by atoms with Gasteiger partial charge in [0.1, 0.15) is 5.00 Å². The number of aryl methyl sites for hydroxylation is 1. The zero-order valence-electron chi connectivity index (χ0n) is 14.9. The average Bonchev–Trinajstić information content (AvgIpc) is 2.89. The van der Waals surface area contributed by atoms with E-state index in [1.54, 1.807) is 29.5 Å². The lowest BCUT2D eigenvalue weighted by Gasteiger charge is -2.12. The molecule has 0 bridgehead atoms. The normalized spacial score (nSPS) is 13.9. The maximum Gasteiger partial charge on any atom is 0.341 e. The molecule has 0 atom stereocenters. The highest BCUT2D eigenvalue weighted by atomic mass is 35.5. The van der Waals surface area contributed by atoms with Gasteiger partial charge in [-0.1, -0.05) is 36.0 Å². The molecule has 2 N–H and O–H groups in total. The first-order valence-corrected chi connectivity index (χ1v) is 10.7. The summed E-state index contributed by atoms with van der Waals surface area (Å²) in [6.45, 7) is 0. The number of esters is 1. The Morgan fingerprint density at radius 1 is 1.07 bits per heavy atom. The molecule has 8 heteroatoms. The fraction of sp³-hybridized carbons (Fsp3) is 0.368. The minimum Gasteiger partial charge on any atom is -0.465 e. The highest BCUT2D eigenvalue weighted by molar-refractivity contribution is 7.80. The molecule has 0 spiro atoms. The standard InChI is InChI=1S/C19H20Cl2N2O2S2/c1-25-18(24)16-14-6-4-2-3-5-7-15(14)27-17(16)23-19(26)22-13-9-11(20)8-12(21)10-13/h8-10H,2-7H2,1H3,(H2,22,23,26). The Bertz CT molecular complexity index is 847. The molecule has 27 heavy (non-hydrogen) atoms. The van der Waals surface area contributed by atoms with Gasteiger partial charge >= 0.3 is 5.97 Å². The van der Waals surface area contributed by atoms with Gasteiger partial charge in [0.25, 0.3) is 0 Å². The van der Waals surface area contributed by atoms with E-state index in [9.17, 15) is 4.79 Å². The summed E-state index contributed by atoms with van der Waals surface area (Å²) in [5.41, 5.74) is 2.38. The Morgan fingerprint density at radius 2 is 1.74 bits per heavy atom. The van der Waals surface area contributed by atoms with Gasteiger partial charge in [0.05, 0.1) is 12.7 Å². The van der Waals surface area contributed by atoms with Crippen LogP contribution in [0.2, 0.25) is 10.0 Å². The fourth-order valence-corrected chi connectivity index (χ4v) is 5.31. The van der Waals surface area contributed by atoms with Crippen molar-refractivity contribution in [2.24, 2.45) is 0 Å². The number of methoxy groups -OCH3 is 1. The largest absolute Gasteiger partial charge is 0.465 e. The molecule has 1 aromatic heterocycles. The third-order valence-electron chi connectivity index (χ3n) is 4.41. The summed E-state index contributed by atoms with van der Waals surface area (Å²) in [7, 11) is 1.41. The van der Waals surface area contributed by atoms with Crippen LogP contribution in [0.5, 0.6) is 0 Å². The number of ether oxygens (including phenoxy) is 1. The quantitative estimate of drug-likeness (QED) is 0.430. The Labute approximate surface area is 178 Å². The number of rotatable bonds is 3. The first-order chi connectivity index (χ1) is 13.0. The molecule has 0 saturated heterocycles. The summed E-state index contributed by atoms with van der Waals surface area (Å²) < 4.78 is 5.03. The number of fused-ring (bicyclic) bond motifs is 1. The summed E-state index contributed by atoms with van der Waals surface area (Å²) in [4.78, 5) is 13.7. The lowest BCUT2D eigenvalue weighted by molar-refractivity contribution is 0.0601. The van der Waals surface area contributed by atoms with Crippen LogP contribution >= 0.6 is 46.8 Å². The van der Waals surface area contributed by atoms with Gasteiger partial charge in [-0.2, -0.15) is 0 Å². The van der Waals surface area contributed by atoms with Crippen molar-refractivity contribution >= 4 is 68.5 Å².